The first kappa shape index (κ1) is 15.0. The van der Waals surface area contributed by atoms with Gasteiger partial charge in [0.15, 0.2) is 0 Å². The molecule has 0 aliphatic heterocycles. The van der Waals surface area contributed by atoms with Gasteiger partial charge in [-0.05, 0) is 29.8 Å². The van der Waals surface area contributed by atoms with Gasteiger partial charge < -0.3 is 9.69 Å². The third-order valence-electron chi connectivity index (χ3n) is 3.01. The molecule has 0 atom stereocenters. The van der Waals surface area contributed by atoms with E-state index in [-0.39, 0.29) is 12.5 Å². The second-order valence-electron chi connectivity index (χ2n) is 4.41. The zero-order valence-electron chi connectivity index (χ0n) is 11.3. The van der Waals surface area contributed by atoms with Crippen molar-refractivity contribution in [2.45, 2.75) is 0 Å². The van der Waals surface area contributed by atoms with Gasteiger partial charge in [-0.1, -0.05) is 48.5 Å². The highest BCUT2D eigenvalue weighted by Crippen LogP contribution is 2.22. The smallest absolute Gasteiger partial charge is 0.258 e. The first-order valence-corrected chi connectivity index (χ1v) is 6.76. The van der Waals surface area contributed by atoms with E-state index >= 15 is 0 Å². The Morgan fingerprint density at radius 2 is 1.76 bits per heavy atom. The summed E-state index contributed by atoms with van der Waals surface area (Å²) in [6.07, 6.45) is 0.677. The molecule has 0 spiro atoms. The molecule has 0 radical (unpaired) electrons. The summed E-state index contributed by atoms with van der Waals surface area (Å²) in [5.74, 6) is -0.271. The number of carbonyl (C=O) groups is 2. The lowest BCUT2D eigenvalue weighted by Gasteiger charge is -2.23. The fourth-order valence-electron chi connectivity index (χ4n) is 1.95. The molecule has 1 amide bonds. The number of nitrogens with zero attached hydrogens (tertiary/aromatic N) is 1. The highest BCUT2D eigenvalue weighted by Gasteiger charge is 2.19. The summed E-state index contributed by atoms with van der Waals surface area (Å²) in [7, 11) is 0. The molecule has 0 aliphatic rings. The Hall–Kier alpha value is -2.39. The second-order valence-corrected chi connectivity index (χ2v) is 4.84. The molecule has 0 aliphatic carbocycles. The quantitative estimate of drug-likeness (QED) is 0.790. The molecule has 2 rings (SSSR count). The van der Waals surface area contributed by atoms with E-state index in [0.29, 0.717) is 28.1 Å². The van der Waals surface area contributed by atoms with E-state index in [1.165, 1.54) is 4.90 Å². The fraction of sp³-hybridized carbons (Fsp3) is 0.0588. The van der Waals surface area contributed by atoms with Gasteiger partial charge in [0.25, 0.3) is 5.91 Å². The maximum Gasteiger partial charge on any atom is 0.258 e. The van der Waals surface area contributed by atoms with Crippen molar-refractivity contribution in [3.8, 4) is 0 Å². The Morgan fingerprint density at radius 1 is 1.10 bits per heavy atom. The lowest BCUT2D eigenvalue weighted by Crippen LogP contribution is -2.30. The number of carbonyl (C=O) groups excluding carboxylic acids is 2. The molecule has 0 saturated carbocycles. The van der Waals surface area contributed by atoms with Gasteiger partial charge in [0.2, 0.25) is 0 Å². The van der Waals surface area contributed by atoms with Crippen LogP contribution < -0.4 is 0 Å². The van der Waals surface area contributed by atoms with E-state index in [1.807, 2.05) is 6.07 Å². The van der Waals surface area contributed by atoms with Crippen molar-refractivity contribution in [1.82, 2.24) is 4.90 Å². The van der Waals surface area contributed by atoms with Crippen LogP contribution in [-0.2, 0) is 4.79 Å². The molecule has 3 nitrogen and oxygen atoms in total. The van der Waals surface area contributed by atoms with Gasteiger partial charge in [0, 0.05) is 16.3 Å². The van der Waals surface area contributed by atoms with Crippen LogP contribution in [0, 0.1) is 0 Å². The number of hydrogen-bond acceptors (Lipinski definition) is 2. The van der Waals surface area contributed by atoms with Crippen molar-refractivity contribution in [2.75, 3.05) is 6.54 Å². The van der Waals surface area contributed by atoms with E-state index < -0.39 is 0 Å². The molecule has 0 heterocycles. The van der Waals surface area contributed by atoms with Crippen molar-refractivity contribution in [2.24, 2.45) is 0 Å². The summed E-state index contributed by atoms with van der Waals surface area (Å²) in [5.41, 5.74) is 1.65. The minimum Gasteiger partial charge on any atom is -0.301 e. The summed E-state index contributed by atoms with van der Waals surface area (Å²) in [6.45, 7) is 3.86. The van der Waals surface area contributed by atoms with Crippen LogP contribution in [-0.4, -0.2) is 23.6 Å². The predicted molar refractivity (Wildman–Crippen MR) is 84.0 cm³/mol. The average Bonchev–Trinajstić information content (AvgIpc) is 2.52. The van der Waals surface area contributed by atoms with Crippen LogP contribution >= 0.6 is 11.6 Å². The molecule has 21 heavy (non-hydrogen) atoms. The summed E-state index contributed by atoms with van der Waals surface area (Å²) in [5, 5.41) is 0.548. The molecule has 0 unspecified atom stereocenters. The Balaban J connectivity index is 2.32. The minimum absolute atomic E-state index is 0.0565. The van der Waals surface area contributed by atoms with Crippen molar-refractivity contribution in [3.05, 3.63) is 77.3 Å². The molecule has 2 aromatic carbocycles. The summed E-state index contributed by atoms with van der Waals surface area (Å²) in [6, 6.07) is 15.8. The number of halogens is 1. The van der Waals surface area contributed by atoms with Crippen molar-refractivity contribution in [3.63, 3.8) is 0 Å². The van der Waals surface area contributed by atoms with Gasteiger partial charge in [-0.2, -0.15) is 0 Å². The molecule has 106 valence electrons. The van der Waals surface area contributed by atoms with E-state index in [0.717, 1.165) is 0 Å². The highest BCUT2D eigenvalue weighted by atomic mass is 35.5. The third-order valence-corrected chi connectivity index (χ3v) is 3.24. The second kappa shape index (κ2) is 6.86. The van der Waals surface area contributed by atoms with Gasteiger partial charge in [-0.15, -0.1) is 0 Å². The van der Waals surface area contributed by atoms with Crippen molar-refractivity contribution >= 4 is 29.5 Å². The molecule has 0 saturated heterocycles. The number of benzene rings is 2. The van der Waals surface area contributed by atoms with Crippen LogP contribution in [0.4, 0.5) is 0 Å². The zero-order valence-corrected chi connectivity index (χ0v) is 12.1. The van der Waals surface area contributed by atoms with Crippen LogP contribution in [0.15, 0.2) is 61.2 Å². The Morgan fingerprint density at radius 3 is 2.38 bits per heavy atom. The van der Waals surface area contributed by atoms with Gasteiger partial charge >= 0.3 is 0 Å². The SMILES string of the molecule is C=C(c1cccc(Cl)c1)N(CC=O)C(=O)c1ccccc1. The molecule has 0 fully saturated rings. The topological polar surface area (TPSA) is 37.4 Å². The first-order valence-electron chi connectivity index (χ1n) is 6.39. The van der Waals surface area contributed by atoms with Gasteiger partial charge in [-0.25, -0.2) is 0 Å². The standard InChI is InChI=1S/C17H14ClNO2/c1-13(15-8-5-9-16(18)12-15)19(10-11-20)17(21)14-6-3-2-4-7-14/h2-9,11-12H,1,10H2. The van der Waals surface area contributed by atoms with Gasteiger partial charge in [-0.3, -0.25) is 4.79 Å². The molecular weight excluding hydrogens is 286 g/mol. The summed E-state index contributed by atoms with van der Waals surface area (Å²) >= 11 is 5.95. The van der Waals surface area contributed by atoms with E-state index in [4.69, 9.17) is 11.6 Å². The molecule has 2 aromatic rings. The molecule has 0 aromatic heterocycles. The van der Waals surface area contributed by atoms with Crippen LogP contribution in [0.1, 0.15) is 15.9 Å². The Labute approximate surface area is 128 Å². The summed E-state index contributed by atoms with van der Waals surface area (Å²) < 4.78 is 0. The van der Waals surface area contributed by atoms with E-state index in [1.54, 1.807) is 48.5 Å². The largest absolute Gasteiger partial charge is 0.301 e. The first-order chi connectivity index (χ1) is 10.1. The van der Waals surface area contributed by atoms with E-state index in [9.17, 15) is 9.59 Å². The maximum atomic E-state index is 12.5. The number of rotatable bonds is 5. The van der Waals surface area contributed by atoms with Crippen LogP contribution in [0.3, 0.4) is 0 Å². The number of hydrogen-bond donors (Lipinski definition) is 0. The average molecular weight is 300 g/mol. The Kier molecular flexibility index (Phi) is 4.90. The van der Waals surface area contributed by atoms with Gasteiger partial charge in [0.1, 0.15) is 6.29 Å². The van der Waals surface area contributed by atoms with Crippen molar-refractivity contribution in [1.29, 1.82) is 0 Å². The third kappa shape index (κ3) is 3.58. The van der Waals surface area contributed by atoms with Gasteiger partial charge in [0.05, 0.1) is 6.54 Å². The molecule has 0 bridgehead atoms. The Bertz CT molecular complexity index is 668. The zero-order chi connectivity index (χ0) is 15.2. The fourth-order valence-corrected chi connectivity index (χ4v) is 2.14. The molecular formula is C17H14ClNO2. The monoisotopic (exact) mass is 299 g/mol. The lowest BCUT2D eigenvalue weighted by molar-refractivity contribution is -0.108. The number of aldehydes is 1. The predicted octanol–water partition coefficient (Wildman–Crippen LogP) is 3.65. The summed E-state index contributed by atoms with van der Waals surface area (Å²) in [4.78, 5) is 24.7. The normalized spacial score (nSPS) is 9.95. The highest BCUT2D eigenvalue weighted by molar-refractivity contribution is 6.30. The molecule has 0 N–H and O–H groups in total. The van der Waals surface area contributed by atoms with Crippen LogP contribution in [0.2, 0.25) is 5.02 Å². The molecule has 4 heteroatoms. The van der Waals surface area contributed by atoms with E-state index in [2.05, 4.69) is 6.58 Å². The van der Waals surface area contributed by atoms with Crippen LogP contribution in [0.5, 0.6) is 0 Å². The van der Waals surface area contributed by atoms with Crippen LogP contribution in [0.25, 0.3) is 5.70 Å². The number of amides is 1. The maximum absolute atomic E-state index is 12.5. The van der Waals surface area contributed by atoms with Crippen molar-refractivity contribution < 1.29 is 9.59 Å². The lowest BCUT2D eigenvalue weighted by atomic mass is 10.1. The minimum atomic E-state index is -0.271.